The molecule has 4 bridgehead atoms. The van der Waals surface area contributed by atoms with Gasteiger partial charge >= 0.3 is 24.1 Å². The number of hydrogen-bond acceptors (Lipinski definition) is 16. The summed E-state index contributed by atoms with van der Waals surface area (Å²) in [5.41, 5.74) is 9.01. The molecule has 3 aromatic carbocycles. The summed E-state index contributed by atoms with van der Waals surface area (Å²) in [7, 11) is 0. The molecule has 26 nitrogen and oxygen atoms in total. The summed E-state index contributed by atoms with van der Waals surface area (Å²) in [6.07, 6.45) is 14.3. The van der Waals surface area contributed by atoms with Crippen LogP contribution in [0.15, 0.2) is 97.5 Å². The summed E-state index contributed by atoms with van der Waals surface area (Å²) in [5, 5.41) is 43.0. The topological polar surface area (TPSA) is 370 Å². The number of nitrogens with two attached hydrogens (primary N) is 1. The Morgan fingerprint density at radius 2 is 1.49 bits per heavy atom. The van der Waals surface area contributed by atoms with Crippen LogP contribution in [0, 0.1) is 35.0 Å². The average molecular weight is 1490 g/mol. The Morgan fingerprint density at radius 3 is 2.18 bits per heavy atom. The molecule has 4 saturated carbocycles. The number of carboxylic acid groups (broad SMARTS) is 2. The predicted octanol–water partition coefficient (Wildman–Crippen LogP) is 13.0. The number of hydrogen-bond donors (Lipinski definition) is 9. The Labute approximate surface area is 628 Å². The number of thiazole rings is 1. The fraction of sp³-hybridized carbons (Fsp3) is 0.512. The summed E-state index contributed by atoms with van der Waals surface area (Å²) in [6, 6.07) is 20.8. The van der Waals surface area contributed by atoms with Crippen LogP contribution in [-0.4, -0.2) is 143 Å². The molecule has 8 amide bonds. The van der Waals surface area contributed by atoms with E-state index in [9.17, 15) is 48.3 Å². The smallest absolute Gasteiger partial charge is 0.410 e. The van der Waals surface area contributed by atoms with Gasteiger partial charge in [0.25, 0.3) is 5.91 Å². The van der Waals surface area contributed by atoms with E-state index in [-0.39, 0.29) is 110 Å². The molecular formula is C80H103N13O13S. The van der Waals surface area contributed by atoms with Crippen LogP contribution < -0.4 is 37.6 Å². The van der Waals surface area contributed by atoms with Gasteiger partial charge in [-0.3, -0.25) is 43.7 Å². The molecule has 11 rings (SSSR count). The highest BCUT2D eigenvalue weighted by Gasteiger charge is 2.66. The molecule has 4 unspecified atom stereocenters. The van der Waals surface area contributed by atoms with E-state index >= 15 is 0 Å². The van der Waals surface area contributed by atoms with E-state index in [2.05, 4.69) is 83.4 Å². The van der Waals surface area contributed by atoms with Crippen molar-refractivity contribution in [1.82, 2.24) is 50.9 Å². The van der Waals surface area contributed by atoms with Crippen LogP contribution in [0.4, 0.5) is 20.4 Å². The van der Waals surface area contributed by atoms with Crippen LogP contribution >= 0.6 is 11.3 Å². The van der Waals surface area contributed by atoms with E-state index in [1.807, 2.05) is 59.0 Å². The van der Waals surface area contributed by atoms with Gasteiger partial charge in [0.15, 0.2) is 10.8 Å². The highest BCUT2D eigenvalue weighted by molar-refractivity contribution is 7.22. The summed E-state index contributed by atoms with van der Waals surface area (Å²) < 4.78 is 16.5. The van der Waals surface area contributed by atoms with Crippen molar-refractivity contribution < 1.29 is 62.8 Å². The number of primary amides is 1. The number of carbonyl (C=O) groups excluding carboxylic acids is 7. The number of carbonyl (C=O) groups is 9. The van der Waals surface area contributed by atoms with Crippen LogP contribution in [0.1, 0.15) is 197 Å². The lowest BCUT2D eigenvalue weighted by atomic mass is 9.39. The Hall–Kier alpha value is -9.89. The number of rotatable bonds is 37. The largest absolute Gasteiger partial charge is 0.481 e. The van der Waals surface area contributed by atoms with Crippen LogP contribution in [-0.2, 0) is 46.6 Å². The van der Waals surface area contributed by atoms with Gasteiger partial charge in [0.05, 0.1) is 46.3 Å². The molecule has 27 heteroatoms. The number of anilines is 2. The monoisotopic (exact) mass is 1490 g/mol. The third kappa shape index (κ3) is 19.7. The van der Waals surface area contributed by atoms with E-state index in [0.29, 0.717) is 88.5 Å². The number of urea groups is 1. The molecular weight excluding hydrogens is 1380 g/mol. The fourth-order valence-corrected chi connectivity index (χ4v) is 18.3. The van der Waals surface area contributed by atoms with Gasteiger partial charge in [-0.05, 0) is 172 Å². The number of aromatic nitrogens is 5. The molecule has 4 aliphatic rings. The summed E-state index contributed by atoms with van der Waals surface area (Å²) in [4.78, 5) is 132. The minimum atomic E-state index is -1.19. The zero-order valence-electron chi connectivity index (χ0n) is 62.9. The van der Waals surface area contributed by atoms with Crippen molar-refractivity contribution in [3.63, 3.8) is 0 Å². The molecule has 7 aromatic rings. The second kappa shape index (κ2) is 34.3. The van der Waals surface area contributed by atoms with E-state index in [0.717, 1.165) is 72.7 Å². The van der Waals surface area contributed by atoms with Gasteiger partial charge < -0.3 is 56.9 Å². The summed E-state index contributed by atoms with van der Waals surface area (Å²) >= 11 is 1.38. The minimum absolute atomic E-state index is 0.0309. The van der Waals surface area contributed by atoms with Gasteiger partial charge in [-0.15, -0.1) is 0 Å². The van der Waals surface area contributed by atoms with E-state index < -0.39 is 59.1 Å². The first-order valence-corrected chi connectivity index (χ1v) is 38.2. The number of pyridine rings is 2. The number of carboxylic acids is 2. The van der Waals surface area contributed by atoms with Crippen LogP contribution in [0.25, 0.3) is 43.4 Å². The van der Waals surface area contributed by atoms with Gasteiger partial charge in [0.2, 0.25) is 23.6 Å². The maximum Gasteiger partial charge on any atom is 0.410 e. The first-order chi connectivity index (χ1) is 50.9. The second-order valence-electron chi connectivity index (χ2n) is 31.1. The van der Waals surface area contributed by atoms with Crippen molar-refractivity contribution in [3.8, 4) is 22.4 Å². The Kier molecular flexibility index (Phi) is 25.6. The number of nitrogens with zero attached hydrogens (tertiary/aromatic N) is 6. The molecule has 4 heterocycles. The highest BCUT2D eigenvalue weighted by atomic mass is 32.1. The van der Waals surface area contributed by atoms with Crippen molar-refractivity contribution in [2.75, 3.05) is 36.9 Å². The van der Waals surface area contributed by atoms with Gasteiger partial charge in [0.1, 0.15) is 18.7 Å². The maximum atomic E-state index is 14.8. The highest BCUT2D eigenvalue weighted by Crippen LogP contribution is 2.72. The molecule has 6 atom stereocenters. The first kappa shape index (κ1) is 79.7. The van der Waals surface area contributed by atoms with Crippen molar-refractivity contribution in [2.45, 2.75) is 208 Å². The normalized spacial score (nSPS) is 20.0. The zero-order chi connectivity index (χ0) is 77.0. The van der Waals surface area contributed by atoms with E-state index in [1.54, 1.807) is 62.6 Å². The number of fused-ring (bicyclic) bond motifs is 2. The molecule has 572 valence electrons. The van der Waals surface area contributed by atoms with Gasteiger partial charge in [-0.25, -0.2) is 24.4 Å². The average Bonchev–Trinajstić information content (AvgIpc) is 0.980. The lowest BCUT2D eigenvalue weighted by Crippen LogP contribution is -2.64. The molecule has 107 heavy (non-hydrogen) atoms. The molecule has 4 fully saturated rings. The first-order valence-electron chi connectivity index (χ1n) is 37.4. The van der Waals surface area contributed by atoms with Crippen molar-refractivity contribution in [2.24, 2.45) is 33.8 Å². The minimum Gasteiger partial charge on any atom is -0.481 e. The Bertz CT molecular complexity index is 4370. The standard InChI is InChI=1S/C80H103N13O13S/c1-10-18-50(5)78(9,11-2)92(75(104)105-41-52-23-27-55(28-24-52)86-70(99)62(20-17-34-84-73(81)103)88-71(100)67(49(3)4)90-65(95)22-13-12-16-33-83-64(94)31-32-66(96)97)35-36-106-80-45-76(7)42-77(8,46-80)44-79(43-76,47-80)48-93-51(6)58(40-85-93)56-29-30-60(87-68(56)72(101)102)53-25-26-54-38-82-39-59(57(54)37-53)69(98)91-74-89-61-19-14-15-21-63(61)107-74/h14-15,19,21,23-30,37-40,49-50,62,67H,10-13,16-18,20,22,31-36,41-48H2,1-9H3,(H,83,94)(H,86,99)(H,88,100)(H,90,95)(H,96,97)(H,101,102)(H3,81,84,103)(H,89,91,98)/t50?,62-,67-,76?,77?,78?,79?,80?/m0/s1. The van der Waals surface area contributed by atoms with Gasteiger partial charge in [-0.2, -0.15) is 5.10 Å². The Morgan fingerprint density at radius 1 is 0.748 bits per heavy atom. The van der Waals surface area contributed by atoms with Crippen LogP contribution in [0.3, 0.4) is 0 Å². The molecule has 4 aliphatic carbocycles. The van der Waals surface area contributed by atoms with Crippen LogP contribution in [0.5, 0.6) is 0 Å². The van der Waals surface area contributed by atoms with Gasteiger partial charge in [-0.1, -0.05) is 109 Å². The van der Waals surface area contributed by atoms with Crippen LogP contribution in [0.2, 0.25) is 0 Å². The fourth-order valence-electron chi connectivity index (χ4n) is 17.5. The lowest BCUT2D eigenvalue weighted by Gasteiger charge is -2.69. The summed E-state index contributed by atoms with van der Waals surface area (Å²) in [6.45, 7) is 20.4. The Balaban J connectivity index is 0.777. The SMILES string of the molecule is CCCC(C)C(C)(CC)N(CCOC12CC3(C)CC(C)(CC(Cn4ncc(-c5ccc(-c6ccc7cncc(C(=O)Nc8nc9ccccc9s8)c7c6)nc5C(=O)O)c4C)(C3)C1)C2)C(=O)OCc1ccc(NC(=O)[C@H](CCCNC(N)=O)NC(=O)[C@@H](NC(=O)CCCCCNC(=O)CCC(=O)O)C(C)C)cc1. The molecule has 10 N–H and O–H groups in total. The molecule has 0 spiro atoms. The second-order valence-corrected chi connectivity index (χ2v) is 32.1. The number of aromatic carboxylic acids is 1. The number of unbranched alkanes of at least 4 members (excludes halogenated alkanes) is 2. The number of amides is 8. The van der Waals surface area contributed by atoms with Crippen molar-refractivity contribution in [1.29, 1.82) is 0 Å². The molecule has 4 aromatic heterocycles. The number of aliphatic carboxylic acids is 1. The maximum absolute atomic E-state index is 14.8. The quantitative estimate of drug-likeness (QED) is 0.0163. The van der Waals surface area contributed by atoms with E-state index in [4.69, 9.17) is 30.4 Å². The number of ether oxygens (including phenoxy) is 2. The molecule has 0 aliphatic heterocycles. The summed E-state index contributed by atoms with van der Waals surface area (Å²) in [5.74, 6) is -4.69. The molecule has 0 radical (unpaired) electrons. The van der Waals surface area contributed by atoms with Gasteiger partial charge in [0, 0.05) is 90.4 Å². The van der Waals surface area contributed by atoms with E-state index in [1.165, 1.54) is 17.5 Å². The number of para-hydroxylation sites is 1. The third-order valence-corrected chi connectivity index (χ3v) is 22.9. The van der Waals surface area contributed by atoms with Crippen molar-refractivity contribution >= 4 is 96.7 Å². The number of benzene rings is 3. The molecule has 0 saturated heterocycles. The third-order valence-electron chi connectivity index (χ3n) is 21.9. The van der Waals surface area contributed by atoms with Crippen molar-refractivity contribution in [3.05, 3.63) is 120 Å². The number of nitrogens with one attached hydrogen (secondary N) is 6. The lowest BCUT2D eigenvalue weighted by molar-refractivity contribution is -0.249. The zero-order valence-corrected chi connectivity index (χ0v) is 63.7. The predicted molar refractivity (Wildman–Crippen MR) is 409 cm³/mol.